The van der Waals surface area contributed by atoms with Crippen LogP contribution in [0.3, 0.4) is 0 Å². The van der Waals surface area contributed by atoms with Gasteiger partial charge in [-0.3, -0.25) is 0 Å². The average Bonchev–Trinajstić information content (AvgIpc) is 3.14. The molecule has 52 heavy (non-hydrogen) atoms. The van der Waals surface area contributed by atoms with E-state index in [0.717, 1.165) is 33.4 Å². The van der Waals surface area contributed by atoms with E-state index in [1.165, 1.54) is 5.56 Å². The highest BCUT2D eigenvalue weighted by atomic mass is 16.5. The van der Waals surface area contributed by atoms with E-state index >= 15 is 0 Å². The lowest BCUT2D eigenvalue weighted by Gasteiger charge is -2.35. The zero-order valence-corrected chi connectivity index (χ0v) is 32.6. The fourth-order valence-corrected chi connectivity index (χ4v) is 6.84. The fourth-order valence-electron chi connectivity index (χ4n) is 6.84. The summed E-state index contributed by atoms with van der Waals surface area (Å²) in [6, 6.07) is 23.4. The molecule has 1 atom stereocenters. The molecule has 0 aromatic heterocycles. The van der Waals surface area contributed by atoms with Gasteiger partial charge in [-0.2, -0.15) is 0 Å². The van der Waals surface area contributed by atoms with Crippen molar-refractivity contribution in [3.63, 3.8) is 0 Å². The van der Waals surface area contributed by atoms with Gasteiger partial charge in [0, 0.05) is 74.2 Å². The van der Waals surface area contributed by atoms with Crippen molar-refractivity contribution in [1.82, 2.24) is 0 Å². The molecule has 0 fully saturated rings. The Hall–Kier alpha value is -3.76. The lowest BCUT2D eigenvalue weighted by molar-refractivity contribution is 0.126. The molecular formula is C44H58O8. The number of ether oxygens (including phenoxy) is 6. The fraction of sp³-hybridized carbons (Fsp3) is 0.455. The quantitative estimate of drug-likeness (QED) is 0.0878. The minimum atomic E-state index is -0.751. The molecule has 0 spiro atoms. The summed E-state index contributed by atoms with van der Waals surface area (Å²) in [5.41, 5.74) is 9.11. The molecule has 0 aliphatic heterocycles. The van der Waals surface area contributed by atoms with E-state index in [1.807, 2.05) is 45.0 Å². The maximum atomic E-state index is 11.4. The second kappa shape index (κ2) is 18.8. The average molecular weight is 715 g/mol. The lowest BCUT2D eigenvalue weighted by atomic mass is 9.68. The highest BCUT2D eigenvalue weighted by Crippen LogP contribution is 2.45. The predicted molar refractivity (Wildman–Crippen MR) is 205 cm³/mol. The minimum absolute atomic E-state index is 0.168. The molecule has 0 radical (unpaired) electrons. The van der Waals surface area contributed by atoms with Crippen molar-refractivity contribution in [3.05, 3.63) is 128 Å². The Morgan fingerprint density at radius 1 is 0.442 bits per heavy atom. The van der Waals surface area contributed by atoms with Crippen molar-refractivity contribution in [1.29, 1.82) is 0 Å². The maximum absolute atomic E-state index is 11.4. The lowest BCUT2D eigenvalue weighted by Crippen LogP contribution is -2.27. The third-order valence-electron chi connectivity index (χ3n) is 9.96. The topological polar surface area (TPSA) is 95.8 Å². The van der Waals surface area contributed by atoms with Crippen molar-refractivity contribution in [3.8, 4) is 11.5 Å². The number of phenols is 2. The number of hydrogen-bond acceptors (Lipinski definition) is 8. The molecule has 4 aromatic rings. The van der Waals surface area contributed by atoms with Crippen LogP contribution in [0, 0.1) is 0 Å². The van der Waals surface area contributed by atoms with Gasteiger partial charge in [-0.25, -0.2) is 0 Å². The highest BCUT2D eigenvalue weighted by molar-refractivity contribution is 5.58. The van der Waals surface area contributed by atoms with Gasteiger partial charge in [-0.15, -0.1) is 0 Å². The summed E-state index contributed by atoms with van der Waals surface area (Å²) in [6.45, 7) is 16.1. The van der Waals surface area contributed by atoms with E-state index in [1.54, 1.807) is 21.3 Å². The van der Waals surface area contributed by atoms with E-state index < -0.39 is 5.41 Å². The van der Waals surface area contributed by atoms with Gasteiger partial charge < -0.3 is 38.6 Å². The molecule has 0 aliphatic carbocycles. The van der Waals surface area contributed by atoms with Crippen LogP contribution in [0.15, 0.2) is 66.7 Å². The molecule has 8 nitrogen and oxygen atoms in total. The summed E-state index contributed by atoms with van der Waals surface area (Å²) in [7, 11) is 5.05. The van der Waals surface area contributed by atoms with E-state index in [-0.39, 0.29) is 43.3 Å². The van der Waals surface area contributed by atoms with Crippen molar-refractivity contribution in [2.45, 2.75) is 92.0 Å². The summed E-state index contributed by atoms with van der Waals surface area (Å²) in [6.07, 6.45) is 0. The van der Waals surface area contributed by atoms with Crippen molar-refractivity contribution >= 4 is 0 Å². The Morgan fingerprint density at radius 3 is 1.17 bits per heavy atom. The first-order valence-corrected chi connectivity index (χ1v) is 18.1. The summed E-state index contributed by atoms with van der Waals surface area (Å²) in [4.78, 5) is 0. The Balaban J connectivity index is 1.97. The van der Waals surface area contributed by atoms with Gasteiger partial charge in [-0.05, 0) is 90.9 Å². The number of aromatic hydroxyl groups is 2. The smallest absolute Gasteiger partial charge is 0.126 e. The number of rotatable bonds is 20. The summed E-state index contributed by atoms with van der Waals surface area (Å²) in [5, 5.41) is 22.7. The summed E-state index contributed by atoms with van der Waals surface area (Å²) >= 11 is 0. The Morgan fingerprint density at radius 2 is 0.808 bits per heavy atom. The number of methoxy groups -OCH3 is 3. The molecule has 8 heteroatoms. The van der Waals surface area contributed by atoms with Crippen LogP contribution in [-0.4, -0.2) is 51.4 Å². The van der Waals surface area contributed by atoms with Crippen LogP contribution in [0.2, 0.25) is 0 Å². The minimum Gasteiger partial charge on any atom is -0.507 e. The van der Waals surface area contributed by atoms with Crippen LogP contribution >= 0.6 is 0 Å². The molecule has 0 saturated heterocycles. The Labute approximate surface area is 310 Å². The SMILES string of the molecule is CCOCc1cc(C(C)(c2ccc(C(C)(C)c3cc(COC)cc(COC)c3)cc2)c2cc(COCC)c(O)c(COCC)c2)cc(COC)c1O. The van der Waals surface area contributed by atoms with E-state index in [9.17, 15) is 10.2 Å². The molecule has 1 unspecified atom stereocenters. The van der Waals surface area contributed by atoms with Gasteiger partial charge in [0.15, 0.2) is 0 Å². The number of benzene rings is 4. The van der Waals surface area contributed by atoms with Crippen molar-refractivity contribution < 1.29 is 38.6 Å². The molecule has 4 rings (SSSR count). The summed E-state index contributed by atoms with van der Waals surface area (Å²) in [5.74, 6) is 0.346. The standard InChI is InChI=1S/C44H58O8/c1-10-50-27-33-21-39(20-32(26-49-9)41(33)45)44(6,40-22-34(28-51-11-2)42(46)35(23-40)29-52-12-3)37-15-13-36(14-16-37)43(4,5)38-18-30(24-47-7)17-31(19-38)25-48-8/h13-23,45-46H,10-12,24-29H2,1-9H3. The summed E-state index contributed by atoms with van der Waals surface area (Å²) < 4.78 is 34.0. The molecule has 2 N–H and O–H groups in total. The molecular weight excluding hydrogens is 656 g/mol. The van der Waals surface area contributed by atoms with Gasteiger partial charge in [-0.1, -0.05) is 56.3 Å². The van der Waals surface area contributed by atoms with Crippen LogP contribution in [0.4, 0.5) is 0 Å². The van der Waals surface area contributed by atoms with Gasteiger partial charge in [0.2, 0.25) is 0 Å². The molecule has 0 bridgehead atoms. The van der Waals surface area contributed by atoms with Crippen molar-refractivity contribution in [2.75, 3.05) is 41.2 Å². The van der Waals surface area contributed by atoms with E-state index in [4.69, 9.17) is 28.4 Å². The molecule has 0 heterocycles. The second-order valence-corrected chi connectivity index (χ2v) is 13.9. The Bertz CT molecular complexity index is 1690. The Kier molecular flexibility index (Phi) is 14.8. The maximum Gasteiger partial charge on any atom is 0.126 e. The molecule has 282 valence electrons. The first kappa shape index (κ1) is 41.0. The molecule has 0 amide bonds. The van der Waals surface area contributed by atoms with Crippen LogP contribution in [0.1, 0.15) is 103 Å². The third kappa shape index (κ3) is 9.23. The monoisotopic (exact) mass is 714 g/mol. The van der Waals surface area contributed by atoms with Gasteiger partial charge in [0.25, 0.3) is 0 Å². The predicted octanol–water partition coefficient (Wildman–Crippen LogP) is 8.83. The normalized spacial score (nSPS) is 13.0. The van der Waals surface area contributed by atoms with Crippen LogP contribution in [-0.2, 0) is 78.9 Å². The van der Waals surface area contributed by atoms with Gasteiger partial charge in [0.1, 0.15) is 11.5 Å². The van der Waals surface area contributed by atoms with E-state index in [2.05, 4.69) is 63.2 Å². The number of phenolic OH excluding ortho intramolecular Hbond substituents is 2. The van der Waals surface area contributed by atoms with Crippen LogP contribution in [0.25, 0.3) is 0 Å². The van der Waals surface area contributed by atoms with Gasteiger partial charge in [0.05, 0.1) is 39.6 Å². The zero-order chi connectivity index (χ0) is 37.9. The number of hydrogen-bond donors (Lipinski definition) is 2. The third-order valence-corrected chi connectivity index (χ3v) is 9.96. The largest absolute Gasteiger partial charge is 0.507 e. The van der Waals surface area contributed by atoms with Crippen LogP contribution in [0.5, 0.6) is 11.5 Å². The molecule has 0 saturated carbocycles. The zero-order valence-electron chi connectivity index (χ0n) is 32.6. The highest BCUT2D eigenvalue weighted by Gasteiger charge is 2.35. The van der Waals surface area contributed by atoms with Crippen molar-refractivity contribution in [2.24, 2.45) is 0 Å². The molecule has 4 aromatic carbocycles. The first-order valence-electron chi connectivity index (χ1n) is 18.1. The van der Waals surface area contributed by atoms with E-state index in [0.29, 0.717) is 55.3 Å². The molecule has 0 aliphatic rings. The second-order valence-electron chi connectivity index (χ2n) is 13.9. The van der Waals surface area contributed by atoms with Crippen LogP contribution < -0.4 is 0 Å². The first-order chi connectivity index (χ1) is 25.0. The van der Waals surface area contributed by atoms with Gasteiger partial charge >= 0.3 is 0 Å².